The molecule has 1 aromatic heterocycles. The van der Waals surface area contributed by atoms with E-state index in [0.29, 0.717) is 6.54 Å². The maximum absolute atomic E-state index is 13.2. The van der Waals surface area contributed by atoms with Gasteiger partial charge >= 0.3 is 6.03 Å². The van der Waals surface area contributed by atoms with Crippen molar-refractivity contribution in [2.45, 2.75) is 29.7 Å². The molecule has 2 amide bonds. The molecule has 0 bridgehead atoms. The van der Waals surface area contributed by atoms with E-state index < -0.39 is 0 Å². The Morgan fingerprint density at radius 1 is 1.14 bits per heavy atom. The van der Waals surface area contributed by atoms with Gasteiger partial charge in [0, 0.05) is 24.2 Å². The molecule has 6 heteroatoms. The first-order valence-electron chi connectivity index (χ1n) is 9.65. The lowest BCUT2D eigenvalue weighted by Gasteiger charge is -2.25. The van der Waals surface area contributed by atoms with Gasteiger partial charge in [0.05, 0.1) is 11.1 Å². The summed E-state index contributed by atoms with van der Waals surface area (Å²) in [7, 11) is 0. The fraction of sp³-hybridized carbons (Fsp3) is 0.217. The molecule has 4 rings (SSSR count). The van der Waals surface area contributed by atoms with Gasteiger partial charge < -0.3 is 10.2 Å². The van der Waals surface area contributed by atoms with Crippen molar-refractivity contribution in [2.75, 3.05) is 11.9 Å². The van der Waals surface area contributed by atoms with E-state index >= 15 is 0 Å². The minimum Gasteiger partial charge on any atom is -0.317 e. The molecule has 29 heavy (non-hydrogen) atoms. The molecule has 3 aromatic rings. The molecule has 1 aliphatic heterocycles. The predicted octanol–water partition coefficient (Wildman–Crippen LogP) is 5.88. The summed E-state index contributed by atoms with van der Waals surface area (Å²) in [6.07, 6.45) is 3.61. The van der Waals surface area contributed by atoms with Gasteiger partial charge in [0.25, 0.3) is 0 Å². The quantitative estimate of drug-likeness (QED) is 0.537. The van der Waals surface area contributed by atoms with E-state index in [4.69, 9.17) is 0 Å². The summed E-state index contributed by atoms with van der Waals surface area (Å²) in [5, 5.41) is 3.99. The highest BCUT2D eigenvalue weighted by atomic mass is 32.2. The zero-order chi connectivity index (χ0) is 20.1. The number of amides is 2. The minimum absolute atomic E-state index is 0.0153. The summed E-state index contributed by atoms with van der Waals surface area (Å²) in [6.45, 7) is 0.698. The van der Waals surface area contributed by atoms with Crippen molar-refractivity contribution >= 4 is 23.5 Å². The smallest absolute Gasteiger partial charge is 0.317 e. The second kappa shape index (κ2) is 9.09. The largest absolute Gasteiger partial charge is 0.322 e. The summed E-state index contributed by atoms with van der Waals surface area (Å²) in [6, 6.07) is 20.0. The Labute approximate surface area is 174 Å². The number of carbonyl (C=O) groups is 1. The monoisotopic (exact) mass is 407 g/mol. The lowest BCUT2D eigenvalue weighted by atomic mass is 10.0. The molecule has 0 spiro atoms. The summed E-state index contributed by atoms with van der Waals surface area (Å²) in [5.41, 5.74) is 2.87. The maximum atomic E-state index is 13.2. The van der Waals surface area contributed by atoms with E-state index in [1.165, 1.54) is 12.1 Å². The Kier molecular flexibility index (Phi) is 6.10. The number of hydrogen-bond donors (Lipinski definition) is 1. The Morgan fingerprint density at radius 3 is 2.79 bits per heavy atom. The number of urea groups is 1. The first kappa shape index (κ1) is 19.5. The Hall–Kier alpha value is -2.86. The molecule has 1 aliphatic rings. The van der Waals surface area contributed by atoms with Crippen LogP contribution in [0.2, 0.25) is 0 Å². The third-order valence-electron chi connectivity index (χ3n) is 4.97. The third-order valence-corrected chi connectivity index (χ3v) is 5.99. The van der Waals surface area contributed by atoms with Crippen LogP contribution in [0.5, 0.6) is 0 Å². The normalized spacial score (nSPS) is 16.0. The van der Waals surface area contributed by atoms with Gasteiger partial charge in [-0.25, -0.2) is 14.2 Å². The van der Waals surface area contributed by atoms with Gasteiger partial charge in [-0.1, -0.05) is 30.3 Å². The SMILES string of the molecule is O=C(Nc1cccc(CSc2ccccn2)c1)N1CCCC1c1ccc(F)cc1. The number of benzene rings is 2. The van der Waals surface area contributed by atoms with Gasteiger partial charge in [0.15, 0.2) is 0 Å². The molecule has 148 valence electrons. The van der Waals surface area contributed by atoms with Crippen molar-refractivity contribution in [3.63, 3.8) is 0 Å². The number of nitrogens with zero attached hydrogens (tertiary/aromatic N) is 2. The van der Waals surface area contributed by atoms with Crippen molar-refractivity contribution in [1.29, 1.82) is 0 Å². The second-order valence-electron chi connectivity index (χ2n) is 6.99. The molecule has 0 saturated carbocycles. The van der Waals surface area contributed by atoms with Crippen LogP contribution in [0.1, 0.15) is 30.0 Å². The Balaban J connectivity index is 1.40. The van der Waals surface area contributed by atoms with Crippen LogP contribution in [-0.4, -0.2) is 22.5 Å². The van der Waals surface area contributed by atoms with Crippen LogP contribution < -0.4 is 5.32 Å². The van der Waals surface area contributed by atoms with E-state index in [1.807, 2.05) is 47.4 Å². The molecular weight excluding hydrogens is 385 g/mol. The molecule has 4 nitrogen and oxygen atoms in total. The van der Waals surface area contributed by atoms with E-state index in [-0.39, 0.29) is 17.9 Å². The molecule has 1 N–H and O–H groups in total. The lowest BCUT2D eigenvalue weighted by Crippen LogP contribution is -2.34. The number of carbonyl (C=O) groups excluding carboxylic acids is 1. The molecule has 0 radical (unpaired) electrons. The average Bonchev–Trinajstić information content (AvgIpc) is 3.24. The minimum atomic E-state index is -0.261. The third kappa shape index (κ3) is 4.95. The number of rotatable bonds is 5. The van der Waals surface area contributed by atoms with Gasteiger partial charge in [-0.2, -0.15) is 0 Å². The van der Waals surface area contributed by atoms with Crippen molar-refractivity contribution in [3.8, 4) is 0 Å². The first-order chi connectivity index (χ1) is 14.2. The van der Waals surface area contributed by atoms with Crippen molar-refractivity contribution in [2.24, 2.45) is 0 Å². The van der Waals surface area contributed by atoms with E-state index in [1.54, 1.807) is 30.1 Å². The fourth-order valence-electron chi connectivity index (χ4n) is 3.57. The van der Waals surface area contributed by atoms with Gasteiger partial charge in [-0.3, -0.25) is 0 Å². The van der Waals surface area contributed by atoms with Gasteiger partial charge in [0.2, 0.25) is 0 Å². The van der Waals surface area contributed by atoms with Crippen LogP contribution in [0.3, 0.4) is 0 Å². The highest BCUT2D eigenvalue weighted by molar-refractivity contribution is 7.98. The number of aromatic nitrogens is 1. The van der Waals surface area contributed by atoms with Crippen molar-refractivity contribution < 1.29 is 9.18 Å². The number of anilines is 1. The number of nitrogens with one attached hydrogen (secondary N) is 1. The standard InChI is InChI=1S/C23H22FN3OS/c24-19-11-9-18(10-12-19)21-7-4-14-27(21)23(28)26-20-6-3-5-17(15-20)16-29-22-8-1-2-13-25-22/h1-3,5-6,8-13,15,21H,4,7,14,16H2,(H,26,28). The molecule has 2 aromatic carbocycles. The number of thioether (sulfide) groups is 1. The zero-order valence-electron chi connectivity index (χ0n) is 15.9. The van der Waals surface area contributed by atoms with E-state index in [0.717, 1.165) is 40.4 Å². The number of hydrogen-bond acceptors (Lipinski definition) is 3. The lowest BCUT2D eigenvalue weighted by molar-refractivity contribution is 0.207. The molecule has 1 unspecified atom stereocenters. The summed E-state index contributed by atoms with van der Waals surface area (Å²) >= 11 is 1.66. The molecule has 1 saturated heterocycles. The van der Waals surface area contributed by atoms with Crippen LogP contribution in [-0.2, 0) is 5.75 Å². The molecular formula is C23H22FN3OS. The average molecular weight is 408 g/mol. The summed E-state index contributed by atoms with van der Waals surface area (Å²) < 4.78 is 13.2. The maximum Gasteiger partial charge on any atom is 0.322 e. The van der Waals surface area contributed by atoms with E-state index in [2.05, 4.69) is 10.3 Å². The molecule has 1 fully saturated rings. The van der Waals surface area contributed by atoms with Crippen LogP contribution in [0.4, 0.5) is 14.9 Å². The van der Waals surface area contributed by atoms with Crippen LogP contribution in [0, 0.1) is 5.82 Å². The first-order valence-corrected chi connectivity index (χ1v) is 10.6. The summed E-state index contributed by atoms with van der Waals surface area (Å²) in [4.78, 5) is 19.0. The predicted molar refractivity (Wildman–Crippen MR) is 114 cm³/mol. The van der Waals surface area contributed by atoms with Crippen LogP contribution >= 0.6 is 11.8 Å². The zero-order valence-corrected chi connectivity index (χ0v) is 16.7. The van der Waals surface area contributed by atoms with Crippen LogP contribution in [0.25, 0.3) is 0 Å². The second-order valence-corrected chi connectivity index (χ2v) is 7.99. The highest BCUT2D eigenvalue weighted by Gasteiger charge is 2.30. The van der Waals surface area contributed by atoms with Gasteiger partial charge in [-0.15, -0.1) is 11.8 Å². The molecule has 0 aliphatic carbocycles. The Morgan fingerprint density at radius 2 is 2.00 bits per heavy atom. The van der Waals surface area contributed by atoms with Gasteiger partial charge in [-0.05, 0) is 60.4 Å². The van der Waals surface area contributed by atoms with Crippen molar-refractivity contribution in [3.05, 3.63) is 89.9 Å². The van der Waals surface area contributed by atoms with Crippen LogP contribution in [0.15, 0.2) is 78.0 Å². The highest BCUT2D eigenvalue weighted by Crippen LogP contribution is 2.32. The van der Waals surface area contributed by atoms with Crippen molar-refractivity contribution in [1.82, 2.24) is 9.88 Å². The topological polar surface area (TPSA) is 45.2 Å². The fourth-order valence-corrected chi connectivity index (χ4v) is 4.37. The Bertz CT molecular complexity index is 965. The number of likely N-dealkylation sites (tertiary alicyclic amines) is 1. The number of pyridine rings is 1. The summed E-state index contributed by atoms with van der Waals surface area (Å²) in [5.74, 6) is 0.519. The number of halogens is 1. The molecule has 2 heterocycles. The molecule has 1 atom stereocenters. The van der Waals surface area contributed by atoms with Gasteiger partial charge in [0.1, 0.15) is 5.82 Å². The van der Waals surface area contributed by atoms with E-state index in [9.17, 15) is 9.18 Å².